The van der Waals surface area contributed by atoms with E-state index >= 15 is 0 Å². The molecule has 2 bridgehead atoms. The molecule has 6 saturated heterocycles. The normalized spacial score (nSPS) is 30.4. The molecule has 6 aliphatic heterocycles. The van der Waals surface area contributed by atoms with Crippen molar-refractivity contribution in [2.75, 3.05) is 11.5 Å². The molecule has 0 aliphatic carbocycles. The van der Waals surface area contributed by atoms with Gasteiger partial charge in [-0.1, -0.05) is 160 Å². The summed E-state index contributed by atoms with van der Waals surface area (Å²) in [6.45, 7) is 13.0. The molecular formula is C50H76O2S8. The maximum atomic E-state index is 10.5. The maximum Gasteiger partial charge on any atom is 0.119 e. The summed E-state index contributed by atoms with van der Waals surface area (Å²) >= 11 is 9.38. The lowest BCUT2D eigenvalue weighted by atomic mass is 9.85. The maximum absolute atomic E-state index is 10.5. The van der Waals surface area contributed by atoms with Crippen LogP contribution in [0.2, 0.25) is 0 Å². The molecule has 10 unspecified atom stereocenters. The smallest absolute Gasteiger partial charge is 0.119 e. The van der Waals surface area contributed by atoms with Gasteiger partial charge in [0.05, 0.1) is 0 Å². The van der Waals surface area contributed by atoms with E-state index in [2.05, 4.69) is 156 Å². The molecule has 2 N–H and O–H groups in total. The zero-order valence-corrected chi connectivity index (χ0v) is 44.1. The standard InChI is InChI=1S/C50H76O2S8/c1-49(2,3)37-23-21-33(25-39(37)51)17-13-9-7-11-15-19-41-45(56-41)29-48-44(57-48)28-36-32-54-53-31-35(59-60-36)27-43-47-30-46(58-47)42(55-43)20-16-12-8-10-14-18-34-22-24-38(40(52)26-34)50(4,5)6/h21-26,35-36,41-48,51-52H,7-20,27-32H2,1-6H3. The van der Waals surface area contributed by atoms with Gasteiger partial charge >= 0.3 is 0 Å². The van der Waals surface area contributed by atoms with Crippen molar-refractivity contribution in [1.82, 2.24) is 0 Å². The lowest BCUT2D eigenvalue weighted by molar-refractivity contribution is 0.445. The molecule has 8 rings (SSSR count). The molecule has 0 radical (unpaired) electrons. The molecule has 336 valence electrons. The first-order valence-electron chi connectivity index (χ1n) is 23.6. The highest BCUT2D eigenvalue weighted by Gasteiger charge is 2.49. The van der Waals surface area contributed by atoms with Crippen LogP contribution in [-0.4, -0.2) is 74.2 Å². The van der Waals surface area contributed by atoms with Gasteiger partial charge in [-0.15, -0.1) is 0 Å². The van der Waals surface area contributed by atoms with Crippen LogP contribution >= 0.6 is 90.2 Å². The molecule has 6 heterocycles. The summed E-state index contributed by atoms with van der Waals surface area (Å²) in [6.07, 6.45) is 24.2. The van der Waals surface area contributed by atoms with E-state index in [1.165, 1.54) is 125 Å². The lowest BCUT2D eigenvalue weighted by Crippen LogP contribution is -2.48. The lowest BCUT2D eigenvalue weighted by Gasteiger charge is -2.51. The van der Waals surface area contributed by atoms with Crippen LogP contribution in [0.5, 0.6) is 11.5 Å². The summed E-state index contributed by atoms with van der Waals surface area (Å²) in [5.74, 6) is 3.60. The topological polar surface area (TPSA) is 40.5 Å². The van der Waals surface area contributed by atoms with Gasteiger partial charge in [0, 0.05) is 64.0 Å². The fourth-order valence-corrected chi connectivity index (χ4v) is 23.2. The van der Waals surface area contributed by atoms with E-state index in [0.717, 1.165) is 76.5 Å². The second-order valence-corrected chi connectivity index (χ2v) is 32.0. The molecule has 60 heavy (non-hydrogen) atoms. The Morgan fingerprint density at radius 3 is 1.43 bits per heavy atom. The van der Waals surface area contributed by atoms with Crippen molar-refractivity contribution in [3.05, 3.63) is 58.7 Å². The predicted octanol–water partition coefficient (Wildman–Crippen LogP) is 16.2. The zero-order chi connectivity index (χ0) is 42.3. The summed E-state index contributed by atoms with van der Waals surface area (Å²) in [5, 5.41) is 30.0. The average Bonchev–Trinajstić information content (AvgIpc) is 4.09. The number of unbranched alkanes of at least 4 members (excludes halogenated alkanes) is 8. The molecular weight excluding hydrogens is 889 g/mol. The van der Waals surface area contributed by atoms with Gasteiger partial charge in [-0.05, 0) is 109 Å². The van der Waals surface area contributed by atoms with Gasteiger partial charge in [-0.2, -0.15) is 47.0 Å². The monoisotopic (exact) mass is 964 g/mol. The van der Waals surface area contributed by atoms with E-state index in [1.807, 2.05) is 12.1 Å². The first kappa shape index (κ1) is 48.8. The molecule has 6 fully saturated rings. The first-order valence-corrected chi connectivity index (χ1v) is 32.2. The number of aryl methyl sites for hydroxylation is 2. The molecule has 0 amide bonds. The fraction of sp³-hybridized carbons (Fsp3) is 0.760. The Balaban J connectivity index is 0.702. The SMILES string of the molecule is CC(C)(C)c1ccc(CCCCCCCC2SC2CC2SC2CC2CSSCC(CC3SC(CCCCCCCc4ccc(C(C)(C)C)c(O)c4)C4CC3S4)SS2)cc1O. The Morgan fingerprint density at radius 1 is 0.483 bits per heavy atom. The molecule has 10 atom stereocenters. The minimum atomic E-state index is -0.00979. The summed E-state index contributed by atoms with van der Waals surface area (Å²) < 4.78 is 0. The number of benzene rings is 2. The summed E-state index contributed by atoms with van der Waals surface area (Å²) in [6, 6.07) is 12.7. The van der Waals surface area contributed by atoms with Gasteiger partial charge in [0.2, 0.25) is 0 Å². The van der Waals surface area contributed by atoms with Crippen molar-refractivity contribution in [2.24, 2.45) is 0 Å². The number of rotatable bonds is 22. The van der Waals surface area contributed by atoms with E-state index < -0.39 is 0 Å². The van der Waals surface area contributed by atoms with Crippen LogP contribution in [0.4, 0.5) is 0 Å². The van der Waals surface area contributed by atoms with Crippen molar-refractivity contribution in [1.29, 1.82) is 0 Å². The molecule has 2 nitrogen and oxygen atoms in total. The minimum Gasteiger partial charge on any atom is -0.508 e. The van der Waals surface area contributed by atoms with E-state index in [4.69, 9.17) is 0 Å². The van der Waals surface area contributed by atoms with E-state index in [9.17, 15) is 10.2 Å². The van der Waals surface area contributed by atoms with Crippen LogP contribution in [0.15, 0.2) is 36.4 Å². The number of hydrogen-bond acceptors (Lipinski definition) is 10. The van der Waals surface area contributed by atoms with Gasteiger partial charge in [0.15, 0.2) is 0 Å². The quantitative estimate of drug-likeness (QED) is 0.0677. The number of thioether (sulfide) groups is 4. The Hall–Kier alpha value is 0.840. The average molecular weight is 966 g/mol. The highest BCUT2D eigenvalue weighted by atomic mass is 33.1. The Kier molecular flexibility index (Phi) is 18.7. The van der Waals surface area contributed by atoms with Crippen molar-refractivity contribution >= 4 is 90.2 Å². The van der Waals surface area contributed by atoms with Crippen molar-refractivity contribution in [3.63, 3.8) is 0 Å². The third kappa shape index (κ3) is 14.9. The third-order valence-electron chi connectivity index (χ3n) is 13.4. The summed E-state index contributed by atoms with van der Waals surface area (Å²) in [4.78, 5) is 0. The molecule has 0 spiro atoms. The molecule has 10 heteroatoms. The van der Waals surface area contributed by atoms with Crippen molar-refractivity contribution < 1.29 is 10.2 Å². The summed E-state index contributed by atoms with van der Waals surface area (Å²) in [5.41, 5.74) is 4.65. The van der Waals surface area contributed by atoms with Gasteiger partial charge in [-0.3, -0.25) is 0 Å². The molecule has 0 aromatic heterocycles. The second kappa shape index (κ2) is 23.0. The van der Waals surface area contributed by atoms with Crippen LogP contribution < -0.4 is 0 Å². The van der Waals surface area contributed by atoms with Crippen LogP contribution in [0.3, 0.4) is 0 Å². The zero-order valence-electron chi connectivity index (χ0n) is 37.5. The predicted molar refractivity (Wildman–Crippen MR) is 283 cm³/mol. The van der Waals surface area contributed by atoms with Crippen LogP contribution in [0.25, 0.3) is 0 Å². The van der Waals surface area contributed by atoms with Crippen molar-refractivity contribution in [3.8, 4) is 11.5 Å². The van der Waals surface area contributed by atoms with E-state index in [0.29, 0.717) is 11.5 Å². The Labute approximate surface area is 399 Å². The highest BCUT2D eigenvalue weighted by Crippen LogP contribution is 2.59. The third-order valence-corrected chi connectivity index (χ3v) is 26.5. The van der Waals surface area contributed by atoms with Gasteiger partial charge in [-0.25, -0.2) is 0 Å². The van der Waals surface area contributed by atoms with Crippen LogP contribution in [-0.2, 0) is 23.7 Å². The number of fused-ring (bicyclic) bond motifs is 2. The van der Waals surface area contributed by atoms with Gasteiger partial charge in [0.25, 0.3) is 0 Å². The van der Waals surface area contributed by atoms with E-state index in [-0.39, 0.29) is 10.8 Å². The molecule has 6 aliphatic rings. The molecule has 2 aromatic rings. The highest BCUT2D eigenvalue weighted by molar-refractivity contribution is 8.80. The Bertz CT molecular complexity index is 1630. The molecule has 0 saturated carbocycles. The number of hydrogen-bond donors (Lipinski definition) is 2. The van der Waals surface area contributed by atoms with Crippen LogP contribution in [0, 0.1) is 0 Å². The van der Waals surface area contributed by atoms with Crippen LogP contribution in [0.1, 0.15) is 167 Å². The summed E-state index contributed by atoms with van der Waals surface area (Å²) in [7, 11) is 8.94. The number of phenols is 2. The number of aromatic hydroxyl groups is 2. The number of phenolic OH excluding ortho intramolecular Hbond substituents is 2. The van der Waals surface area contributed by atoms with Crippen molar-refractivity contribution in [2.45, 2.75) is 220 Å². The Morgan fingerprint density at radius 2 is 0.900 bits per heavy atom. The second-order valence-electron chi connectivity index (χ2n) is 20.6. The largest absolute Gasteiger partial charge is 0.508 e. The fourth-order valence-electron chi connectivity index (χ4n) is 9.58. The van der Waals surface area contributed by atoms with Gasteiger partial charge < -0.3 is 10.2 Å². The van der Waals surface area contributed by atoms with E-state index in [1.54, 1.807) is 0 Å². The van der Waals surface area contributed by atoms with Gasteiger partial charge in [0.1, 0.15) is 11.5 Å². The first-order chi connectivity index (χ1) is 28.8. The minimum absolute atomic E-state index is 0.00701. The molecule has 2 aromatic carbocycles.